The molecule has 0 aliphatic carbocycles. The summed E-state index contributed by atoms with van der Waals surface area (Å²) in [5.41, 5.74) is 1.96. The summed E-state index contributed by atoms with van der Waals surface area (Å²) in [6.07, 6.45) is 2.41. The summed E-state index contributed by atoms with van der Waals surface area (Å²) in [4.78, 5) is 1.90. The summed E-state index contributed by atoms with van der Waals surface area (Å²) in [6.45, 7) is 2.22. The number of benzene rings is 2. The Bertz CT molecular complexity index is 819. The molecule has 1 N–H and O–H groups in total. The van der Waals surface area contributed by atoms with Gasteiger partial charge in [0.15, 0.2) is 0 Å². The van der Waals surface area contributed by atoms with Gasteiger partial charge in [0.25, 0.3) is 0 Å². The Balaban J connectivity index is 1.68. The molecule has 0 unspecified atom stereocenters. The summed E-state index contributed by atoms with van der Waals surface area (Å²) >= 11 is 5.65. The van der Waals surface area contributed by atoms with Crippen LogP contribution in [0.1, 0.15) is 18.4 Å². The lowest BCUT2D eigenvalue weighted by Crippen LogP contribution is -2.24. The average molecular weight is 369 g/mol. The van der Waals surface area contributed by atoms with Crippen molar-refractivity contribution in [2.24, 2.45) is 0 Å². The maximum absolute atomic E-state index is 13.8. The van der Waals surface area contributed by atoms with E-state index < -0.39 is 20.7 Å². The van der Waals surface area contributed by atoms with Gasteiger partial charge in [-0.05, 0) is 48.7 Å². The quantitative estimate of drug-likeness (QED) is 0.877. The molecule has 0 radical (unpaired) electrons. The number of nitrogens with zero attached hydrogens (tertiary/aromatic N) is 1. The van der Waals surface area contributed by atoms with Crippen LogP contribution in [0.4, 0.5) is 10.1 Å². The van der Waals surface area contributed by atoms with Crippen molar-refractivity contribution < 1.29 is 12.8 Å². The van der Waals surface area contributed by atoms with Crippen LogP contribution >= 0.6 is 11.6 Å². The van der Waals surface area contributed by atoms with Crippen LogP contribution in [0.15, 0.2) is 47.4 Å². The third kappa shape index (κ3) is 3.88. The van der Waals surface area contributed by atoms with Gasteiger partial charge in [-0.15, -0.1) is 0 Å². The molecule has 0 atom stereocenters. The monoisotopic (exact) mass is 368 g/mol. The van der Waals surface area contributed by atoms with E-state index in [-0.39, 0.29) is 11.6 Å². The van der Waals surface area contributed by atoms with E-state index in [0.717, 1.165) is 36.5 Å². The lowest BCUT2D eigenvalue weighted by molar-refractivity contribution is 0.557. The molecule has 0 saturated carbocycles. The maximum atomic E-state index is 13.8. The van der Waals surface area contributed by atoms with E-state index >= 15 is 0 Å². The van der Waals surface area contributed by atoms with Crippen molar-refractivity contribution in [2.75, 3.05) is 18.0 Å². The Morgan fingerprint density at radius 3 is 2.38 bits per heavy atom. The SMILES string of the molecule is O=S(=O)(NCc1ccc(N2CCCC2)cc1)c1ccc(Cl)cc1F. The lowest BCUT2D eigenvalue weighted by atomic mass is 10.2. The van der Waals surface area contributed by atoms with Gasteiger partial charge in [0, 0.05) is 30.3 Å². The van der Waals surface area contributed by atoms with Crippen molar-refractivity contribution in [1.82, 2.24) is 4.72 Å². The first kappa shape index (κ1) is 17.2. The predicted molar refractivity (Wildman–Crippen MR) is 93.3 cm³/mol. The highest BCUT2D eigenvalue weighted by Crippen LogP contribution is 2.21. The van der Waals surface area contributed by atoms with E-state index in [1.54, 1.807) is 0 Å². The van der Waals surface area contributed by atoms with Gasteiger partial charge in [-0.2, -0.15) is 0 Å². The third-order valence-electron chi connectivity index (χ3n) is 4.06. The molecule has 1 fully saturated rings. The number of hydrogen-bond donors (Lipinski definition) is 1. The minimum absolute atomic E-state index is 0.102. The fraction of sp³-hybridized carbons (Fsp3) is 0.294. The van der Waals surface area contributed by atoms with Gasteiger partial charge in [-0.3, -0.25) is 0 Å². The molecule has 0 amide bonds. The van der Waals surface area contributed by atoms with Gasteiger partial charge < -0.3 is 4.90 Å². The molecule has 0 spiro atoms. The van der Waals surface area contributed by atoms with Gasteiger partial charge >= 0.3 is 0 Å². The molecule has 1 heterocycles. The van der Waals surface area contributed by atoms with Crippen LogP contribution < -0.4 is 9.62 Å². The van der Waals surface area contributed by atoms with Crippen molar-refractivity contribution in [3.63, 3.8) is 0 Å². The first-order valence-electron chi connectivity index (χ1n) is 7.74. The van der Waals surface area contributed by atoms with E-state index in [2.05, 4.69) is 9.62 Å². The van der Waals surface area contributed by atoms with Crippen molar-refractivity contribution in [3.05, 3.63) is 58.9 Å². The molecular weight excluding hydrogens is 351 g/mol. The number of hydrogen-bond acceptors (Lipinski definition) is 3. The molecule has 24 heavy (non-hydrogen) atoms. The van der Waals surface area contributed by atoms with Gasteiger partial charge in [0.2, 0.25) is 10.0 Å². The highest BCUT2D eigenvalue weighted by atomic mass is 35.5. The van der Waals surface area contributed by atoms with Crippen LogP contribution in [-0.4, -0.2) is 21.5 Å². The van der Waals surface area contributed by atoms with Crippen LogP contribution in [0.5, 0.6) is 0 Å². The predicted octanol–water partition coefficient (Wildman–Crippen LogP) is 3.56. The Morgan fingerprint density at radius 1 is 1.08 bits per heavy atom. The Kier molecular flexibility index (Phi) is 5.08. The molecule has 7 heteroatoms. The van der Waals surface area contributed by atoms with E-state index in [0.29, 0.717) is 0 Å². The van der Waals surface area contributed by atoms with Gasteiger partial charge in [-0.25, -0.2) is 17.5 Å². The fourth-order valence-electron chi connectivity index (χ4n) is 2.75. The fourth-order valence-corrected chi connectivity index (χ4v) is 3.98. The second-order valence-electron chi connectivity index (χ2n) is 5.76. The first-order valence-corrected chi connectivity index (χ1v) is 9.60. The van der Waals surface area contributed by atoms with Crippen LogP contribution in [0, 0.1) is 5.82 Å². The summed E-state index contributed by atoms with van der Waals surface area (Å²) in [5, 5.41) is 0.156. The van der Waals surface area contributed by atoms with Crippen molar-refractivity contribution >= 4 is 27.3 Å². The molecule has 1 aliphatic heterocycles. The molecule has 128 valence electrons. The second-order valence-corrected chi connectivity index (χ2v) is 7.93. The number of anilines is 1. The van der Waals surface area contributed by atoms with Crippen LogP contribution in [0.25, 0.3) is 0 Å². The van der Waals surface area contributed by atoms with E-state index in [1.165, 1.54) is 18.9 Å². The number of sulfonamides is 1. The topological polar surface area (TPSA) is 49.4 Å². The molecule has 0 bridgehead atoms. The minimum Gasteiger partial charge on any atom is -0.372 e. The van der Waals surface area contributed by atoms with Crippen molar-refractivity contribution in [3.8, 4) is 0 Å². The number of nitrogens with one attached hydrogen (secondary N) is 1. The van der Waals surface area contributed by atoms with E-state index in [4.69, 9.17) is 11.6 Å². The van der Waals surface area contributed by atoms with Gasteiger partial charge in [0.05, 0.1) is 0 Å². The van der Waals surface area contributed by atoms with Crippen molar-refractivity contribution in [2.45, 2.75) is 24.3 Å². The highest BCUT2D eigenvalue weighted by molar-refractivity contribution is 7.89. The van der Waals surface area contributed by atoms with E-state index in [1.807, 2.05) is 24.3 Å². The normalized spacial score (nSPS) is 15.0. The molecular formula is C17H18ClFN2O2S. The zero-order valence-electron chi connectivity index (χ0n) is 13.0. The summed E-state index contributed by atoms with van der Waals surface area (Å²) < 4.78 is 40.6. The average Bonchev–Trinajstić information content (AvgIpc) is 3.07. The second kappa shape index (κ2) is 7.09. The molecule has 3 rings (SSSR count). The zero-order chi connectivity index (χ0) is 17.2. The molecule has 2 aromatic carbocycles. The Hall–Kier alpha value is -1.63. The van der Waals surface area contributed by atoms with Gasteiger partial charge in [-0.1, -0.05) is 23.7 Å². The standard InChI is InChI=1S/C17H18ClFN2O2S/c18-14-5-8-17(16(19)11-14)24(22,23)20-12-13-3-6-15(7-4-13)21-9-1-2-10-21/h3-8,11,20H,1-2,9-10,12H2. The first-order chi connectivity index (χ1) is 11.5. The minimum atomic E-state index is -3.93. The number of halogens is 2. The molecule has 1 aliphatic rings. The van der Waals surface area contributed by atoms with E-state index in [9.17, 15) is 12.8 Å². The third-order valence-corrected chi connectivity index (χ3v) is 5.73. The van der Waals surface area contributed by atoms with Gasteiger partial charge in [0.1, 0.15) is 10.7 Å². The highest BCUT2D eigenvalue weighted by Gasteiger charge is 2.19. The zero-order valence-corrected chi connectivity index (χ0v) is 14.6. The number of rotatable bonds is 5. The Morgan fingerprint density at radius 2 is 1.75 bits per heavy atom. The summed E-state index contributed by atoms with van der Waals surface area (Å²) in [5.74, 6) is -0.862. The summed E-state index contributed by atoms with van der Waals surface area (Å²) in [7, 11) is -3.93. The molecule has 2 aromatic rings. The molecule has 0 aromatic heterocycles. The lowest BCUT2D eigenvalue weighted by Gasteiger charge is -2.17. The Labute approximate surface area is 146 Å². The molecule has 1 saturated heterocycles. The smallest absolute Gasteiger partial charge is 0.243 e. The maximum Gasteiger partial charge on any atom is 0.243 e. The van der Waals surface area contributed by atoms with Crippen LogP contribution in [-0.2, 0) is 16.6 Å². The van der Waals surface area contributed by atoms with Crippen LogP contribution in [0.2, 0.25) is 5.02 Å². The largest absolute Gasteiger partial charge is 0.372 e. The molecule has 4 nitrogen and oxygen atoms in total. The van der Waals surface area contributed by atoms with Crippen LogP contribution in [0.3, 0.4) is 0 Å². The summed E-state index contributed by atoms with van der Waals surface area (Å²) in [6, 6.07) is 11.2. The van der Waals surface area contributed by atoms with Crippen molar-refractivity contribution in [1.29, 1.82) is 0 Å².